The summed E-state index contributed by atoms with van der Waals surface area (Å²) in [5, 5.41) is 3.40. The molecule has 1 aromatic carbocycles. The molecule has 1 unspecified atom stereocenters. The summed E-state index contributed by atoms with van der Waals surface area (Å²) in [7, 11) is -3.25. The molecule has 0 aliphatic carbocycles. The Morgan fingerprint density at radius 2 is 2.28 bits per heavy atom. The second-order valence-corrected chi connectivity index (χ2v) is 6.95. The largest absolute Gasteiger partial charge is 0.315 e. The minimum Gasteiger partial charge on any atom is -0.315 e. The molecule has 1 aromatic rings. The van der Waals surface area contributed by atoms with Gasteiger partial charge in [-0.15, -0.1) is 0 Å². The highest BCUT2D eigenvalue weighted by Crippen LogP contribution is 2.13. The molecule has 1 heterocycles. The zero-order chi connectivity index (χ0) is 13.0. The van der Waals surface area contributed by atoms with Crippen molar-refractivity contribution in [2.24, 2.45) is 0 Å². The van der Waals surface area contributed by atoms with E-state index >= 15 is 0 Å². The minimum absolute atomic E-state index is 0.291. The zero-order valence-corrected chi connectivity index (χ0v) is 11.6. The first kappa shape index (κ1) is 13.8. The van der Waals surface area contributed by atoms with E-state index < -0.39 is 10.0 Å². The van der Waals surface area contributed by atoms with E-state index in [9.17, 15) is 8.42 Å². The zero-order valence-electron chi connectivity index (χ0n) is 10.0. The lowest BCUT2D eigenvalue weighted by molar-refractivity contribution is 0.490. The van der Waals surface area contributed by atoms with Crippen LogP contribution < -0.4 is 10.0 Å². The molecule has 4 nitrogen and oxygen atoms in total. The van der Waals surface area contributed by atoms with Crippen LogP contribution in [-0.4, -0.2) is 26.8 Å². The first-order valence-electron chi connectivity index (χ1n) is 6.01. The Hall–Kier alpha value is -0.620. The predicted molar refractivity (Wildman–Crippen MR) is 73.1 cm³/mol. The van der Waals surface area contributed by atoms with Gasteiger partial charge in [-0.2, -0.15) is 0 Å². The lowest BCUT2D eigenvalue weighted by atomic mass is 10.2. The van der Waals surface area contributed by atoms with Gasteiger partial charge in [-0.1, -0.05) is 23.7 Å². The van der Waals surface area contributed by atoms with Crippen LogP contribution in [0.2, 0.25) is 5.02 Å². The maximum atomic E-state index is 12.1. The van der Waals surface area contributed by atoms with Crippen LogP contribution in [0.4, 0.5) is 0 Å². The number of piperidine rings is 1. The van der Waals surface area contributed by atoms with Gasteiger partial charge < -0.3 is 5.32 Å². The van der Waals surface area contributed by atoms with E-state index in [0.717, 1.165) is 24.9 Å². The quantitative estimate of drug-likeness (QED) is 0.883. The molecule has 0 radical (unpaired) electrons. The third-order valence-corrected chi connectivity index (χ3v) is 5.12. The lowest BCUT2D eigenvalue weighted by Crippen LogP contribution is -2.44. The van der Waals surface area contributed by atoms with Gasteiger partial charge in [-0.05, 0) is 37.1 Å². The highest BCUT2D eigenvalue weighted by Gasteiger charge is 2.26. The molecule has 1 aliphatic heterocycles. The summed E-state index contributed by atoms with van der Waals surface area (Å²) in [6.07, 6.45) is 1.63. The normalized spacial score (nSPS) is 20.8. The number of hydrogen-bond donors (Lipinski definition) is 2. The summed E-state index contributed by atoms with van der Waals surface area (Å²) in [4.78, 5) is 0. The molecule has 6 heteroatoms. The topological polar surface area (TPSA) is 58.2 Å². The summed E-state index contributed by atoms with van der Waals surface area (Å²) >= 11 is 5.86. The summed E-state index contributed by atoms with van der Waals surface area (Å²) in [6.45, 7) is 1.73. The van der Waals surface area contributed by atoms with Crippen molar-refractivity contribution in [3.05, 3.63) is 34.9 Å². The van der Waals surface area contributed by atoms with Gasteiger partial charge in [0.25, 0.3) is 0 Å². The van der Waals surface area contributed by atoms with Crippen LogP contribution in [-0.2, 0) is 16.6 Å². The van der Waals surface area contributed by atoms with Gasteiger partial charge in [0.05, 0.1) is 5.25 Å². The second kappa shape index (κ2) is 6.02. The average molecular weight is 289 g/mol. The molecule has 0 spiro atoms. The van der Waals surface area contributed by atoms with Crippen molar-refractivity contribution in [1.82, 2.24) is 10.0 Å². The van der Waals surface area contributed by atoms with Crippen molar-refractivity contribution in [3.63, 3.8) is 0 Å². The van der Waals surface area contributed by atoms with Crippen molar-refractivity contribution in [3.8, 4) is 0 Å². The van der Waals surface area contributed by atoms with E-state index in [0.29, 0.717) is 18.1 Å². The van der Waals surface area contributed by atoms with E-state index in [1.54, 1.807) is 12.1 Å². The van der Waals surface area contributed by atoms with Crippen molar-refractivity contribution in [2.75, 3.05) is 13.1 Å². The molecule has 0 amide bonds. The summed E-state index contributed by atoms with van der Waals surface area (Å²) < 4.78 is 26.8. The first-order chi connectivity index (χ1) is 8.58. The SMILES string of the molecule is O=S(=O)(NCc1cccc(Cl)c1)C1CCCNC1. The Balaban J connectivity index is 1.96. The fraction of sp³-hybridized carbons (Fsp3) is 0.500. The number of benzene rings is 1. The molecule has 1 saturated heterocycles. The molecule has 0 saturated carbocycles. The molecule has 2 rings (SSSR count). The Labute approximate surface area is 113 Å². The molecule has 0 bridgehead atoms. The number of halogens is 1. The first-order valence-corrected chi connectivity index (χ1v) is 7.94. The molecular formula is C12H17ClN2O2S. The third kappa shape index (κ3) is 3.68. The number of sulfonamides is 1. The summed E-state index contributed by atoms with van der Waals surface area (Å²) in [5.74, 6) is 0. The highest BCUT2D eigenvalue weighted by molar-refractivity contribution is 7.90. The Morgan fingerprint density at radius 1 is 1.44 bits per heavy atom. The fourth-order valence-corrected chi connectivity index (χ4v) is 3.66. The average Bonchev–Trinajstić information content (AvgIpc) is 2.38. The van der Waals surface area contributed by atoms with Crippen LogP contribution in [0.25, 0.3) is 0 Å². The van der Waals surface area contributed by atoms with Gasteiger partial charge in [-0.3, -0.25) is 0 Å². The lowest BCUT2D eigenvalue weighted by Gasteiger charge is -2.23. The van der Waals surface area contributed by atoms with Gasteiger partial charge in [-0.25, -0.2) is 13.1 Å². The van der Waals surface area contributed by atoms with Gasteiger partial charge in [0.2, 0.25) is 10.0 Å². The van der Waals surface area contributed by atoms with Crippen LogP contribution in [0.3, 0.4) is 0 Å². The molecule has 1 fully saturated rings. The number of nitrogens with one attached hydrogen (secondary N) is 2. The highest BCUT2D eigenvalue weighted by atomic mass is 35.5. The Bertz CT molecular complexity index is 499. The van der Waals surface area contributed by atoms with Crippen molar-refractivity contribution in [2.45, 2.75) is 24.6 Å². The maximum Gasteiger partial charge on any atom is 0.216 e. The molecule has 2 N–H and O–H groups in total. The molecule has 1 atom stereocenters. The van der Waals surface area contributed by atoms with Gasteiger partial charge in [0.15, 0.2) is 0 Å². The van der Waals surface area contributed by atoms with E-state index in [4.69, 9.17) is 11.6 Å². The molecular weight excluding hydrogens is 272 g/mol. The van der Waals surface area contributed by atoms with Crippen LogP contribution >= 0.6 is 11.6 Å². The minimum atomic E-state index is -3.25. The molecule has 1 aliphatic rings. The molecule has 0 aromatic heterocycles. The third-order valence-electron chi connectivity index (χ3n) is 3.06. The maximum absolute atomic E-state index is 12.1. The van der Waals surface area contributed by atoms with E-state index in [1.165, 1.54) is 0 Å². The van der Waals surface area contributed by atoms with Crippen molar-refractivity contribution < 1.29 is 8.42 Å². The fourth-order valence-electron chi connectivity index (χ4n) is 2.03. The number of hydrogen-bond acceptors (Lipinski definition) is 3. The van der Waals surface area contributed by atoms with E-state index in [1.807, 2.05) is 12.1 Å². The van der Waals surface area contributed by atoms with Crippen molar-refractivity contribution >= 4 is 21.6 Å². The van der Waals surface area contributed by atoms with E-state index in [-0.39, 0.29) is 5.25 Å². The van der Waals surface area contributed by atoms with Crippen LogP contribution in [0.1, 0.15) is 18.4 Å². The summed E-state index contributed by atoms with van der Waals surface area (Å²) in [5.41, 5.74) is 0.870. The van der Waals surface area contributed by atoms with Crippen LogP contribution in [0.15, 0.2) is 24.3 Å². The molecule has 100 valence electrons. The Morgan fingerprint density at radius 3 is 2.94 bits per heavy atom. The van der Waals surface area contributed by atoms with Crippen molar-refractivity contribution in [1.29, 1.82) is 0 Å². The monoisotopic (exact) mass is 288 g/mol. The standard InChI is InChI=1S/C12H17ClN2O2S/c13-11-4-1-3-10(7-11)8-15-18(16,17)12-5-2-6-14-9-12/h1,3-4,7,12,14-15H,2,5-6,8-9H2. The second-order valence-electron chi connectivity index (χ2n) is 4.46. The van der Waals surface area contributed by atoms with Gasteiger partial charge in [0.1, 0.15) is 0 Å². The molecule has 18 heavy (non-hydrogen) atoms. The smallest absolute Gasteiger partial charge is 0.216 e. The van der Waals surface area contributed by atoms with Gasteiger partial charge >= 0.3 is 0 Å². The summed E-state index contributed by atoms with van der Waals surface area (Å²) in [6, 6.07) is 7.20. The predicted octanol–water partition coefficient (Wildman–Crippen LogP) is 1.51. The van der Waals surface area contributed by atoms with Crippen LogP contribution in [0, 0.1) is 0 Å². The van der Waals surface area contributed by atoms with Crippen LogP contribution in [0.5, 0.6) is 0 Å². The van der Waals surface area contributed by atoms with Gasteiger partial charge in [0, 0.05) is 18.1 Å². The number of rotatable bonds is 4. The van der Waals surface area contributed by atoms with E-state index in [2.05, 4.69) is 10.0 Å². The Kier molecular flexibility index (Phi) is 4.61.